The number of rotatable bonds is 5. The van der Waals surface area contributed by atoms with E-state index in [9.17, 15) is 18.0 Å². The number of hydrogen-bond donors (Lipinski definition) is 2. The Balaban J connectivity index is 2.76. The Morgan fingerprint density at radius 3 is 2.39 bits per heavy atom. The number of nitrogens with two attached hydrogens (primary N) is 1. The fourth-order valence-electron chi connectivity index (χ4n) is 2.63. The fraction of sp³-hybridized carbons (Fsp3) is 0.909. The van der Waals surface area contributed by atoms with E-state index in [0.717, 1.165) is 0 Å². The van der Waals surface area contributed by atoms with Crippen LogP contribution in [0.5, 0.6) is 0 Å². The van der Waals surface area contributed by atoms with Crippen molar-refractivity contribution in [3.8, 4) is 0 Å². The second-order valence-corrected chi connectivity index (χ2v) is 5.06. The summed E-state index contributed by atoms with van der Waals surface area (Å²) in [6.45, 7) is -0.147. The maximum absolute atomic E-state index is 12.4. The summed E-state index contributed by atoms with van der Waals surface area (Å²) in [5, 5.41) is 8.77. The first kappa shape index (κ1) is 15.2. The lowest BCUT2D eigenvalue weighted by atomic mass is 9.62. The first-order valence-corrected chi connectivity index (χ1v) is 5.91. The molecule has 106 valence electrons. The molecule has 0 aromatic heterocycles. The molecule has 3 N–H and O–H groups in total. The van der Waals surface area contributed by atoms with Crippen LogP contribution in [0.2, 0.25) is 0 Å². The number of aliphatic hydroxyl groups excluding tert-OH is 1. The summed E-state index contributed by atoms with van der Waals surface area (Å²) in [6, 6.07) is 0. The van der Waals surface area contributed by atoms with Crippen LogP contribution in [0.3, 0.4) is 0 Å². The van der Waals surface area contributed by atoms with Gasteiger partial charge in [0.15, 0.2) is 0 Å². The van der Waals surface area contributed by atoms with E-state index in [4.69, 9.17) is 10.8 Å². The van der Waals surface area contributed by atoms with Gasteiger partial charge in [-0.25, -0.2) is 0 Å². The molecule has 0 aromatic rings. The Bertz CT molecular complexity index is 301. The second kappa shape index (κ2) is 5.44. The minimum Gasteiger partial charge on any atom is -0.395 e. The fourth-order valence-corrected chi connectivity index (χ4v) is 2.63. The van der Waals surface area contributed by atoms with Crippen molar-refractivity contribution in [2.45, 2.75) is 25.9 Å². The Morgan fingerprint density at radius 2 is 2.06 bits per heavy atom. The van der Waals surface area contributed by atoms with Crippen molar-refractivity contribution in [1.82, 2.24) is 4.90 Å². The third-order valence-electron chi connectivity index (χ3n) is 3.35. The van der Waals surface area contributed by atoms with E-state index in [2.05, 4.69) is 0 Å². The van der Waals surface area contributed by atoms with Gasteiger partial charge in [0.05, 0.1) is 12.0 Å². The molecule has 0 unspecified atom stereocenters. The van der Waals surface area contributed by atoms with Crippen LogP contribution in [0.25, 0.3) is 0 Å². The number of halogens is 3. The van der Waals surface area contributed by atoms with Gasteiger partial charge in [0.25, 0.3) is 0 Å². The highest BCUT2D eigenvalue weighted by Gasteiger charge is 2.50. The zero-order chi connectivity index (χ0) is 14.0. The standard InChI is InChI=1S/C11H19F3N2O2/c1-8-4-10(5-8,6-15)9(18)16(2-3-17)7-11(12,13)14/h8,17H,2-7,15H2,1H3. The summed E-state index contributed by atoms with van der Waals surface area (Å²) in [5.74, 6) is -0.283. The second-order valence-electron chi connectivity index (χ2n) is 5.06. The molecule has 18 heavy (non-hydrogen) atoms. The molecular formula is C11H19F3N2O2. The van der Waals surface area contributed by atoms with Gasteiger partial charge in [-0.05, 0) is 18.8 Å². The third-order valence-corrected chi connectivity index (χ3v) is 3.35. The van der Waals surface area contributed by atoms with Gasteiger partial charge in [0.1, 0.15) is 6.54 Å². The molecule has 1 fully saturated rings. The number of carbonyl (C=O) groups excluding carboxylic acids is 1. The van der Waals surface area contributed by atoms with Gasteiger partial charge in [-0.2, -0.15) is 13.2 Å². The van der Waals surface area contributed by atoms with Crippen LogP contribution < -0.4 is 5.73 Å². The molecule has 1 aliphatic rings. The van der Waals surface area contributed by atoms with E-state index in [0.29, 0.717) is 23.7 Å². The number of carbonyl (C=O) groups is 1. The molecule has 0 atom stereocenters. The number of alkyl halides is 3. The molecule has 0 aromatic carbocycles. The van der Waals surface area contributed by atoms with Crippen molar-refractivity contribution in [1.29, 1.82) is 0 Å². The molecule has 1 rings (SSSR count). The molecule has 7 heteroatoms. The van der Waals surface area contributed by atoms with E-state index in [1.807, 2.05) is 6.92 Å². The smallest absolute Gasteiger partial charge is 0.395 e. The van der Waals surface area contributed by atoms with Gasteiger partial charge < -0.3 is 15.7 Å². The average molecular weight is 268 g/mol. The summed E-state index contributed by atoms with van der Waals surface area (Å²) in [7, 11) is 0. The van der Waals surface area contributed by atoms with E-state index in [-0.39, 0.29) is 13.1 Å². The molecule has 1 saturated carbocycles. The lowest BCUT2D eigenvalue weighted by Crippen LogP contribution is -2.56. The maximum atomic E-state index is 12.4. The summed E-state index contributed by atoms with van der Waals surface area (Å²) >= 11 is 0. The van der Waals surface area contributed by atoms with Crippen LogP contribution >= 0.6 is 0 Å². The quantitative estimate of drug-likeness (QED) is 0.773. The Kier molecular flexibility index (Phi) is 4.61. The van der Waals surface area contributed by atoms with Gasteiger partial charge in [0, 0.05) is 13.1 Å². The summed E-state index contributed by atoms with van der Waals surface area (Å²) < 4.78 is 37.1. The SMILES string of the molecule is CC1CC(CN)(C(=O)N(CCO)CC(F)(F)F)C1. The summed E-state index contributed by atoms with van der Waals surface area (Å²) in [5.41, 5.74) is 4.68. The average Bonchev–Trinajstić information content (AvgIpc) is 2.21. The van der Waals surface area contributed by atoms with E-state index < -0.39 is 30.7 Å². The van der Waals surface area contributed by atoms with Crippen molar-refractivity contribution >= 4 is 5.91 Å². The van der Waals surface area contributed by atoms with E-state index >= 15 is 0 Å². The molecule has 1 amide bonds. The van der Waals surface area contributed by atoms with E-state index in [1.54, 1.807) is 0 Å². The van der Waals surface area contributed by atoms with Crippen LogP contribution in [-0.4, -0.2) is 48.3 Å². The molecule has 0 radical (unpaired) electrons. The molecular weight excluding hydrogens is 249 g/mol. The topological polar surface area (TPSA) is 66.6 Å². The number of amides is 1. The van der Waals surface area contributed by atoms with Crippen LogP contribution in [0.15, 0.2) is 0 Å². The zero-order valence-electron chi connectivity index (χ0n) is 10.3. The number of hydrogen-bond acceptors (Lipinski definition) is 3. The lowest BCUT2D eigenvalue weighted by Gasteiger charge is -2.46. The summed E-state index contributed by atoms with van der Waals surface area (Å²) in [4.78, 5) is 12.8. The molecule has 0 bridgehead atoms. The monoisotopic (exact) mass is 268 g/mol. The first-order valence-electron chi connectivity index (χ1n) is 5.91. The summed E-state index contributed by atoms with van der Waals surface area (Å²) in [6.07, 6.45) is -3.43. The molecule has 1 aliphatic carbocycles. The van der Waals surface area contributed by atoms with Crippen molar-refractivity contribution in [2.24, 2.45) is 17.1 Å². The van der Waals surface area contributed by atoms with Gasteiger partial charge in [-0.1, -0.05) is 6.92 Å². The molecule has 4 nitrogen and oxygen atoms in total. The molecule has 0 spiro atoms. The molecule has 0 heterocycles. The Morgan fingerprint density at radius 1 is 1.50 bits per heavy atom. The highest BCUT2D eigenvalue weighted by atomic mass is 19.4. The van der Waals surface area contributed by atoms with Gasteiger partial charge in [-0.15, -0.1) is 0 Å². The van der Waals surface area contributed by atoms with Crippen LogP contribution in [0.1, 0.15) is 19.8 Å². The van der Waals surface area contributed by atoms with Crippen molar-refractivity contribution in [3.05, 3.63) is 0 Å². The van der Waals surface area contributed by atoms with Gasteiger partial charge in [-0.3, -0.25) is 4.79 Å². The van der Waals surface area contributed by atoms with Gasteiger partial charge in [0.2, 0.25) is 5.91 Å². The zero-order valence-corrected chi connectivity index (χ0v) is 10.3. The number of aliphatic hydroxyl groups is 1. The van der Waals surface area contributed by atoms with E-state index in [1.165, 1.54) is 0 Å². The minimum atomic E-state index is -4.46. The lowest BCUT2D eigenvalue weighted by molar-refractivity contribution is -0.173. The minimum absolute atomic E-state index is 0.0515. The van der Waals surface area contributed by atoms with Crippen molar-refractivity contribution in [2.75, 3.05) is 26.2 Å². The number of nitrogens with zero attached hydrogens (tertiary/aromatic N) is 1. The maximum Gasteiger partial charge on any atom is 0.406 e. The largest absolute Gasteiger partial charge is 0.406 e. The Hall–Kier alpha value is -0.820. The predicted octanol–water partition coefficient (Wildman–Crippen LogP) is 0.745. The predicted molar refractivity (Wildman–Crippen MR) is 59.6 cm³/mol. The molecule has 0 saturated heterocycles. The third kappa shape index (κ3) is 3.35. The molecule has 0 aliphatic heterocycles. The highest BCUT2D eigenvalue weighted by Crippen LogP contribution is 2.46. The first-order chi connectivity index (χ1) is 8.24. The van der Waals surface area contributed by atoms with Crippen LogP contribution in [0.4, 0.5) is 13.2 Å². The highest BCUT2D eigenvalue weighted by molar-refractivity contribution is 5.84. The van der Waals surface area contributed by atoms with Crippen molar-refractivity contribution < 1.29 is 23.1 Å². The van der Waals surface area contributed by atoms with Crippen molar-refractivity contribution in [3.63, 3.8) is 0 Å². The van der Waals surface area contributed by atoms with Gasteiger partial charge >= 0.3 is 6.18 Å². The Labute approximate surface area is 104 Å². The van der Waals surface area contributed by atoms with Crippen LogP contribution in [-0.2, 0) is 4.79 Å². The normalized spacial score (nSPS) is 27.8. The van der Waals surface area contributed by atoms with Crippen LogP contribution in [0, 0.1) is 11.3 Å².